The van der Waals surface area contributed by atoms with Crippen LogP contribution in [0, 0.1) is 6.92 Å². The van der Waals surface area contributed by atoms with E-state index in [1.807, 2.05) is 79.7 Å². The van der Waals surface area contributed by atoms with Crippen molar-refractivity contribution in [1.82, 2.24) is 20.0 Å². The molecule has 0 fully saturated rings. The first-order valence-corrected chi connectivity index (χ1v) is 11.9. The first kappa shape index (κ1) is 22.6. The van der Waals surface area contributed by atoms with Crippen molar-refractivity contribution in [2.24, 2.45) is 0 Å². The molecule has 5 rings (SSSR count). The second kappa shape index (κ2) is 10.4. The third-order valence-electron chi connectivity index (χ3n) is 5.90. The van der Waals surface area contributed by atoms with Crippen LogP contribution in [0.1, 0.15) is 35.3 Å². The van der Waals surface area contributed by atoms with E-state index < -0.39 is 0 Å². The molecule has 0 bridgehead atoms. The first-order valence-electron chi connectivity index (χ1n) is 11.9. The number of hydrogen-bond acceptors (Lipinski definition) is 5. The van der Waals surface area contributed by atoms with Crippen molar-refractivity contribution in [2.75, 3.05) is 6.61 Å². The van der Waals surface area contributed by atoms with E-state index in [0.29, 0.717) is 18.9 Å². The zero-order chi connectivity index (χ0) is 24.0. The fourth-order valence-electron chi connectivity index (χ4n) is 3.98. The van der Waals surface area contributed by atoms with Crippen molar-refractivity contribution in [2.45, 2.75) is 33.1 Å². The number of aromatic nitrogens is 4. The van der Waals surface area contributed by atoms with Gasteiger partial charge in [0, 0.05) is 18.4 Å². The monoisotopic (exact) mass is 464 g/mol. The molecule has 0 amide bonds. The van der Waals surface area contributed by atoms with Crippen molar-refractivity contribution in [3.05, 3.63) is 113 Å². The largest absolute Gasteiger partial charge is 0.493 e. The Balaban J connectivity index is 1.19. The van der Waals surface area contributed by atoms with Crippen LogP contribution in [0.4, 0.5) is 0 Å². The van der Waals surface area contributed by atoms with E-state index in [1.165, 1.54) is 5.56 Å². The van der Waals surface area contributed by atoms with Gasteiger partial charge >= 0.3 is 0 Å². The predicted molar refractivity (Wildman–Crippen MR) is 136 cm³/mol. The van der Waals surface area contributed by atoms with E-state index in [9.17, 15) is 0 Å². The summed E-state index contributed by atoms with van der Waals surface area (Å²) in [4.78, 5) is 6.37. The molecule has 0 saturated carbocycles. The topological polar surface area (TPSA) is 66.0 Å². The molecule has 5 aromatic rings. The van der Waals surface area contributed by atoms with Crippen molar-refractivity contribution in [1.29, 1.82) is 0 Å². The lowest BCUT2D eigenvalue weighted by Gasteiger charge is -2.06. The van der Waals surface area contributed by atoms with Gasteiger partial charge in [0.25, 0.3) is 0 Å². The number of oxazole rings is 1. The van der Waals surface area contributed by atoms with E-state index in [4.69, 9.17) is 14.3 Å². The second-order valence-corrected chi connectivity index (χ2v) is 8.38. The van der Waals surface area contributed by atoms with Crippen LogP contribution < -0.4 is 4.74 Å². The van der Waals surface area contributed by atoms with Gasteiger partial charge in [0.1, 0.15) is 11.5 Å². The molecule has 6 heteroatoms. The molecular formula is C29H28N4O2. The highest BCUT2D eigenvalue weighted by Gasteiger charge is 2.13. The molecule has 6 nitrogen and oxygen atoms in total. The number of aryl methyl sites for hydroxylation is 2. The lowest BCUT2D eigenvalue weighted by Crippen LogP contribution is -2.03. The van der Waals surface area contributed by atoms with Gasteiger partial charge in [0.2, 0.25) is 5.89 Å². The third-order valence-corrected chi connectivity index (χ3v) is 5.90. The standard InChI is InChI=1S/C29H28N4O2/c1-3-26-28(32-33(31-26)24-12-8-5-9-13-24)20-22-14-16-25(17-15-22)34-19-18-27-21(2)35-29(30-27)23-10-6-4-7-11-23/h4-17H,3,18-20H2,1-2H3. The first-order chi connectivity index (χ1) is 17.2. The normalized spacial score (nSPS) is 11.0. The summed E-state index contributed by atoms with van der Waals surface area (Å²) < 4.78 is 11.8. The predicted octanol–water partition coefficient (Wildman–Crippen LogP) is 6.01. The summed E-state index contributed by atoms with van der Waals surface area (Å²) in [5.41, 5.74) is 6.07. The molecule has 176 valence electrons. The van der Waals surface area contributed by atoms with Crippen LogP contribution in [0.2, 0.25) is 0 Å². The Morgan fingerprint density at radius 1 is 0.800 bits per heavy atom. The quantitative estimate of drug-likeness (QED) is 0.267. The summed E-state index contributed by atoms with van der Waals surface area (Å²) >= 11 is 0. The fraction of sp³-hybridized carbons (Fsp3) is 0.207. The van der Waals surface area contributed by atoms with Gasteiger partial charge in [-0.25, -0.2) is 4.98 Å². The van der Waals surface area contributed by atoms with Crippen LogP contribution in [-0.4, -0.2) is 26.6 Å². The van der Waals surface area contributed by atoms with Gasteiger partial charge in [-0.2, -0.15) is 15.0 Å². The van der Waals surface area contributed by atoms with Crippen molar-refractivity contribution in [3.8, 4) is 22.9 Å². The Kier molecular flexibility index (Phi) is 6.70. The van der Waals surface area contributed by atoms with Gasteiger partial charge in [-0.05, 0) is 55.3 Å². The Morgan fingerprint density at radius 3 is 2.20 bits per heavy atom. The van der Waals surface area contributed by atoms with Crippen molar-refractivity contribution in [3.63, 3.8) is 0 Å². The van der Waals surface area contributed by atoms with Crippen LogP contribution in [0.15, 0.2) is 89.3 Å². The van der Waals surface area contributed by atoms with Gasteiger partial charge in [0.05, 0.1) is 29.4 Å². The highest BCUT2D eigenvalue weighted by molar-refractivity contribution is 5.53. The van der Waals surface area contributed by atoms with Crippen molar-refractivity contribution >= 4 is 0 Å². The summed E-state index contributed by atoms with van der Waals surface area (Å²) in [5.74, 6) is 2.32. The highest BCUT2D eigenvalue weighted by Crippen LogP contribution is 2.22. The number of para-hydroxylation sites is 1. The van der Waals surface area contributed by atoms with Crippen LogP contribution in [0.5, 0.6) is 5.75 Å². The molecule has 0 N–H and O–H groups in total. The molecule has 2 aromatic heterocycles. The van der Waals surface area contributed by atoms with Gasteiger partial charge in [-0.15, -0.1) is 0 Å². The SMILES string of the molecule is CCc1nn(-c2ccccc2)nc1Cc1ccc(OCCc2nc(-c3ccccc3)oc2C)cc1. The molecule has 0 saturated heterocycles. The number of rotatable bonds is 9. The summed E-state index contributed by atoms with van der Waals surface area (Å²) in [5, 5.41) is 9.42. The lowest BCUT2D eigenvalue weighted by molar-refractivity contribution is 0.320. The van der Waals surface area contributed by atoms with Crippen LogP contribution in [-0.2, 0) is 19.3 Å². The minimum atomic E-state index is 0.534. The zero-order valence-corrected chi connectivity index (χ0v) is 20.0. The maximum atomic E-state index is 5.98. The van der Waals surface area contributed by atoms with Crippen LogP contribution in [0.3, 0.4) is 0 Å². The minimum absolute atomic E-state index is 0.534. The fourth-order valence-corrected chi connectivity index (χ4v) is 3.98. The van der Waals surface area contributed by atoms with Gasteiger partial charge < -0.3 is 9.15 Å². The molecule has 0 atom stereocenters. The van der Waals surface area contributed by atoms with Crippen LogP contribution in [0.25, 0.3) is 17.1 Å². The summed E-state index contributed by atoms with van der Waals surface area (Å²) in [7, 11) is 0. The second-order valence-electron chi connectivity index (χ2n) is 8.38. The Hall–Kier alpha value is -4.19. The summed E-state index contributed by atoms with van der Waals surface area (Å²) in [6, 6.07) is 28.1. The minimum Gasteiger partial charge on any atom is -0.493 e. The summed E-state index contributed by atoms with van der Waals surface area (Å²) in [6.07, 6.45) is 2.26. The van der Waals surface area contributed by atoms with Gasteiger partial charge in [0.15, 0.2) is 0 Å². The molecule has 0 unspecified atom stereocenters. The maximum absolute atomic E-state index is 5.98. The van der Waals surface area contributed by atoms with E-state index in [0.717, 1.165) is 52.7 Å². The third kappa shape index (κ3) is 5.32. The van der Waals surface area contributed by atoms with E-state index in [1.54, 1.807) is 4.80 Å². The summed E-state index contributed by atoms with van der Waals surface area (Å²) in [6.45, 7) is 4.59. The molecule has 35 heavy (non-hydrogen) atoms. The number of benzene rings is 3. The number of hydrogen-bond donors (Lipinski definition) is 0. The molecule has 3 aromatic carbocycles. The molecule has 0 spiro atoms. The van der Waals surface area contributed by atoms with E-state index >= 15 is 0 Å². The van der Waals surface area contributed by atoms with Gasteiger partial charge in [-0.3, -0.25) is 0 Å². The smallest absolute Gasteiger partial charge is 0.226 e. The molecule has 0 aliphatic rings. The lowest BCUT2D eigenvalue weighted by atomic mass is 10.1. The van der Waals surface area contributed by atoms with Crippen LogP contribution >= 0.6 is 0 Å². The van der Waals surface area contributed by atoms with Gasteiger partial charge in [-0.1, -0.05) is 55.5 Å². The zero-order valence-electron chi connectivity index (χ0n) is 20.0. The molecule has 0 aliphatic carbocycles. The van der Waals surface area contributed by atoms with E-state index in [-0.39, 0.29) is 0 Å². The average Bonchev–Trinajstić information content (AvgIpc) is 3.49. The Bertz CT molecular complexity index is 1370. The molecular weight excluding hydrogens is 436 g/mol. The molecule has 0 aliphatic heterocycles. The van der Waals surface area contributed by atoms with Crippen molar-refractivity contribution < 1.29 is 9.15 Å². The number of nitrogens with zero attached hydrogens (tertiary/aromatic N) is 4. The Labute approximate surface area is 205 Å². The average molecular weight is 465 g/mol. The maximum Gasteiger partial charge on any atom is 0.226 e. The molecule has 0 radical (unpaired) electrons. The van der Waals surface area contributed by atoms with E-state index in [2.05, 4.69) is 29.1 Å². The Morgan fingerprint density at radius 2 is 1.49 bits per heavy atom. The number of ether oxygens (including phenoxy) is 1. The highest BCUT2D eigenvalue weighted by atomic mass is 16.5. The molecule has 2 heterocycles.